The van der Waals surface area contributed by atoms with Gasteiger partial charge in [-0.25, -0.2) is 0 Å². The first-order valence-corrected chi connectivity index (χ1v) is 5.72. The summed E-state index contributed by atoms with van der Waals surface area (Å²) >= 11 is 0. The van der Waals surface area contributed by atoms with Gasteiger partial charge in [-0.2, -0.15) is 0 Å². The third-order valence-electron chi connectivity index (χ3n) is 2.93. The van der Waals surface area contributed by atoms with Crippen LogP contribution < -0.4 is 5.32 Å². The lowest BCUT2D eigenvalue weighted by atomic mass is 10.0. The second-order valence-corrected chi connectivity index (χ2v) is 4.26. The molecule has 2 rings (SSSR count). The van der Waals surface area contributed by atoms with E-state index >= 15 is 0 Å². The summed E-state index contributed by atoms with van der Waals surface area (Å²) in [5.74, 6) is 0.716. The molecule has 1 aliphatic heterocycles. The molecular weight excluding hydrogens is 220 g/mol. The van der Waals surface area contributed by atoms with Gasteiger partial charge in [-0.3, -0.25) is 5.41 Å². The number of hydrogen-bond acceptors (Lipinski definition) is 1. The van der Waals surface area contributed by atoms with Crippen molar-refractivity contribution in [2.75, 3.05) is 0 Å². The molecule has 0 amide bonds. The van der Waals surface area contributed by atoms with Crippen LogP contribution in [0.15, 0.2) is 30.3 Å². The van der Waals surface area contributed by atoms with Gasteiger partial charge in [0.15, 0.2) is 0 Å². The van der Waals surface area contributed by atoms with Crippen LogP contribution in [0.2, 0.25) is 0 Å². The van der Waals surface area contributed by atoms with Gasteiger partial charge >= 0.3 is 0 Å². The fourth-order valence-electron chi connectivity index (χ4n) is 2.13. The van der Waals surface area contributed by atoms with Crippen molar-refractivity contribution in [3.8, 4) is 0 Å². The zero-order valence-corrected chi connectivity index (χ0v) is 10.2. The molecule has 0 saturated carbocycles. The summed E-state index contributed by atoms with van der Waals surface area (Å²) in [6.45, 7) is 0. The molecule has 2 nitrogen and oxygen atoms in total. The maximum Gasteiger partial charge on any atom is 0.0933 e. The Morgan fingerprint density at radius 3 is 2.69 bits per heavy atom. The van der Waals surface area contributed by atoms with E-state index in [0.717, 1.165) is 19.3 Å². The average Bonchev–Trinajstić information content (AvgIpc) is 2.44. The molecule has 16 heavy (non-hydrogen) atoms. The largest absolute Gasteiger partial charge is 0.371 e. The first-order chi connectivity index (χ1) is 7.34. The molecule has 1 aromatic rings. The lowest BCUT2D eigenvalue weighted by Gasteiger charge is -2.16. The quantitative estimate of drug-likeness (QED) is 0.816. The van der Waals surface area contributed by atoms with Gasteiger partial charge in [-0.05, 0) is 24.8 Å². The molecule has 1 aromatic carbocycles. The highest BCUT2D eigenvalue weighted by atomic mass is 35.5. The second kappa shape index (κ2) is 6.54. The SMILES string of the molecule is Cl.N=C1CCCCC(Cc2ccccc2)N1. The highest BCUT2D eigenvalue weighted by Crippen LogP contribution is 2.13. The summed E-state index contributed by atoms with van der Waals surface area (Å²) in [7, 11) is 0. The molecule has 1 atom stereocenters. The molecule has 0 spiro atoms. The number of nitrogens with one attached hydrogen (secondary N) is 2. The maximum atomic E-state index is 7.71. The Balaban J connectivity index is 0.00000128. The molecule has 0 bridgehead atoms. The Bertz CT molecular complexity index is 324. The molecule has 1 saturated heterocycles. The van der Waals surface area contributed by atoms with Gasteiger partial charge < -0.3 is 5.32 Å². The van der Waals surface area contributed by atoms with Crippen LogP contribution in [0, 0.1) is 5.41 Å². The van der Waals surface area contributed by atoms with Crippen molar-refractivity contribution in [3.05, 3.63) is 35.9 Å². The fraction of sp³-hybridized carbons (Fsp3) is 0.462. The highest BCUT2D eigenvalue weighted by molar-refractivity contribution is 5.85. The van der Waals surface area contributed by atoms with Crippen molar-refractivity contribution in [2.24, 2.45) is 0 Å². The van der Waals surface area contributed by atoms with Crippen LogP contribution in [0.25, 0.3) is 0 Å². The summed E-state index contributed by atoms with van der Waals surface area (Å²) in [4.78, 5) is 0. The molecule has 1 unspecified atom stereocenters. The standard InChI is InChI=1S/C13H18N2.ClH/c14-13-9-5-4-8-12(15-13)10-11-6-2-1-3-7-11;/h1-3,6-7,12H,4-5,8-10H2,(H2,14,15);1H. The molecule has 2 N–H and O–H groups in total. The van der Waals surface area contributed by atoms with E-state index < -0.39 is 0 Å². The Labute approximate surface area is 103 Å². The highest BCUT2D eigenvalue weighted by Gasteiger charge is 2.14. The van der Waals surface area contributed by atoms with E-state index in [1.807, 2.05) is 6.07 Å². The van der Waals surface area contributed by atoms with Crippen LogP contribution in [-0.2, 0) is 6.42 Å². The molecule has 0 aromatic heterocycles. The summed E-state index contributed by atoms with van der Waals surface area (Å²) < 4.78 is 0. The number of rotatable bonds is 2. The maximum absolute atomic E-state index is 7.71. The number of amidine groups is 1. The van der Waals surface area contributed by atoms with Gasteiger partial charge in [-0.15, -0.1) is 12.4 Å². The number of benzene rings is 1. The van der Waals surface area contributed by atoms with Crippen molar-refractivity contribution < 1.29 is 0 Å². The molecule has 3 heteroatoms. The lowest BCUT2D eigenvalue weighted by Crippen LogP contribution is -2.33. The van der Waals surface area contributed by atoms with Gasteiger partial charge in [0.1, 0.15) is 0 Å². The molecule has 0 radical (unpaired) electrons. The van der Waals surface area contributed by atoms with E-state index in [4.69, 9.17) is 5.41 Å². The predicted molar refractivity (Wildman–Crippen MR) is 70.5 cm³/mol. The summed E-state index contributed by atoms with van der Waals surface area (Å²) in [6.07, 6.45) is 5.57. The van der Waals surface area contributed by atoms with Gasteiger partial charge in [0.25, 0.3) is 0 Å². The van der Waals surface area contributed by atoms with Crippen molar-refractivity contribution >= 4 is 18.2 Å². The fourth-order valence-corrected chi connectivity index (χ4v) is 2.13. The van der Waals surface area contributed by atoms with Gasteiger partial charge in [0.2, 0.25) is 0 Å². The van der Waals surface area contributed by atoms with E-state index in [-0.39, 0.29) is 12.4 Å². The van der Waals surface area contributed by atoms with Crippen LogP contribution in [0.1, 0.15) is 31.2 Å². The normalized spacial score (nSPS) is 20.5. The van der Waals surface area contributed by atoms with E-state index in [9.17, 15) is 0 Å². The van der Waals surface area contributed by atoms with E-state index in [0.29, 0.717) is 11.9 Å². The minimum atomic E-state index is 0. The zero-order valence-electron chi connectivity index (χ0n) is 9.41. The molecule has 88 valence electrons. The Kier molecular flexibility index (Phi) is 5.33. The molecule has 0 aliphatic carbocycles. The average molecular weight is 239 g/mol. The molecule has 1 heterocycles. The third kappa shape index (κ3) is 3.86. The van der Waals surface area contributed by atoms with E-state index in [1.54, 1.807) is 0 Å². The van der Waals surface area contributed by atoms with Crippen LogP contribution in [-0.4, -0.2) is 11.9 Å². The molecular formula is C13H19ClN2. The minimum Gasteiger partial charge on any atom is -0.371 e. The first kappa shape index (κ1) is 13.0. The lowest BCUT2D eigenvalue weighted by molar-refractivity contribution is 0.549. The van der Waals surface area contributed by atoms with Crippen molar-refractivity contribution in [3.63, 3.8) is 0 Å². The van der Waals surface area contributed by atoms with E-state index in [2.05, 4.69) is 29.6 Å². The Morgan fingerprint density at radius 1 is 1.19 bits per heavy atom. The first-order valence-electron chi connectivity index (χ1n) is 5.72. The summed E-state index contributed by atoms with van der Waals surface area (Å²) in [5.41, 5.74) is 1.37. The van der Waals surface area contributed by atoms with Crippen LogP contribution in [0.3, 0.4) is 0 Å². The minimum absolute atomic E-state index is 0. The molecule has 1 aliphatic rings. The topological polar surface area (TPSA) is 35.9 Å². The van der Waals surface area contributed by atoms with Gasteiger partial charge in [-0.1, -0.05) is 36.8 Å². The Morgan fingerprint density at radius 2 is 1.94 bits per heavy atom. The van der Waals surface area contributed by atoms with Crippen molar-refractivity contribution in [2.45, 2.75) is 38.1 Å². The van der Waals surface area contributed by atoms with Crippen LogP contribution in [0.4, 0.5) is 0 Å². The van der Waals surface area contributed by atoms with Gasteiger partial charge in [0, 0.05) is 12.5 Å². The Hall–Kier alpha value is -1.02. The summed E-state index contributed by atoms with van der Waals surface area (Å²) in [5, 5.41) is 11.0. The zero-order chi connectivity index (χ0) is 10.5. The van der Waals surface area contributed by atoms with Crippen molar-refractivity contribution in [1.29, 1.82) is 5.41 Å². The smallest absolute Gasteiger partial charge is 0.0933 e. The second-order valence-electron chi connectivity index (χ2n) is 4.26. The van der Waals surface area contributed by atoms with Crippen LogP contribution >= 0.6 is 12.4 Å². The summed E-state index contributed by atoms with van der Waals surface area (Å²) in [6, 6.07) is 11.0. The number of halogens is 1. The van der Waals surface area contributed by atoms with Crippen LogP contribution in [0.5, 0.6) is 0 Å². The number of hydrogen-bond donors (Lipinski definition) is 2. The van der Waals surface area contributed by atoms with Crippen molar-refractivity contribution in [1.82, 2.24) is 5.32 Å². The van der Waals surface area contributed by atoms with E-state index in [1.165, 1.54) is 18.4 Å². The molecule has 1 fully saturated rings. The monoisotopic (exact) mass is 238 g/mol. The predicted octanol–water partition coefficient (Wildman–Crippen LogP) is 3.16. The third-order valence-corrected chi connectivity index (χ3v) is 2.93. The van der Waals surface area contributed by atoms with Gasteiger partial charge in [0.05, 0.1) is 5.84 Å².